The van der Waals surface area contributed by atoms with Crippen LogP contribution in [0.25, 0.3) is 22.2 Å². The van der Waals surface area contributed by atoms with E-state index in [2.05, 4.69) is 33.3 Å². The second kappa shape index (κ2) is 11.0. The summed E-state index contributed by atoms with van der Waals surface area (Å²) < 4.78 is 13.6. The number of hydrogen-bond acceptors (Lipinski definition) is 7. The van der Waals surface area contributed by atoms with Crippen molar-refractivity contribution in [2.24, 2.45) is 13.0 Å². The molecular weight excluding hydrogens is 492 g/mol. The number of likely N-dealkylation sites (tertiary alicyclic amines) is 2. The molecule has 0 aliphatic carbocycles. The number of nitrogen functional groups attached to an aromatic ring is 1. The second-order valence-corrected chi connectivity index (χ2v) is 10.5. The lowest BCUT2D eigenvalue weighted by Crippen LogP contribution is -2.55. The summed E-state index contributed by atoms with van der Waals surface area (Å²) in [4.78, 5) is 25.0. The summed E-state index contributed by atoms with van der Waals surface area (Å²) >= 11 is 0. The number of carbonyl (C=O) groups is 1. The van der Waals surface area contributed by atoms with Crippen LogP contribution in [0.4, 0.5) is 5.82 Å². The zero-order valence-corrected chi connectivity index (χ0v) is 23.1. The number of methoxy groups -OCH3 is 1. The number of nitrogens with two attached hydrogens (primary N) is 1. The van der Waals surface area contributed by atoms with E-state index >= 15 is 0 Å². The van der Waals surface area contributed by atoms with E-state index in [4.69, 9.17) is 15.2 Å². The predicted octanol–water partition coefficient (Wildman–Crippen LogP) is 3.47. The summed E-state index contributed by atoms with van der Waals surface area (Å²) in [5, 5.41) is 0.778. The van der Waals surface area contributed by atoms with E-state index in [0.717, 1.165) is 66.9 Å². The third kappa shape index (κ3) is 5.17. The first kappa shape index (κ1) is 26.6. The van der Waals surface area contributed by atoms with Gasteiger partial charge in [-0.2, -0.15) is 0 Å². The normalized spacial score (nSPS) is 16.6. The van der Waals surface area contributed by atoms with Crippen LogP contribution in [-0.4, -0.2) is 75.7 Å². The van der Waals surface area contributed by atoms with E-state index in [-0.39, 0.29) is 17.9 Å². The van der Waals surface area contributed by atoms with Gasteiger partial charge in [0.1, 0.15) is 23.5 Å². The lowest BCUT2D eigenvalue weighted by molar-refractivity contribution is -0.127. The molecule has 2 aromatic heterocycles. The average Bonchev–Trinajstić information content (AvgIpc) is 3.20. The first-order valence-electron chi connectivity index (χ1n) is 13.4. The number of anilines is 1. The summed E-state index contributed by atoms with van der Waals surface area (Å²) in [5.74, 6) is 9.01. The van der Waals surface area contributed by atoms with Crippen molar-refractivity contribution in [1.82, 2.24) is 24.3 Å². The molecule has 2 saturated heterocycles. The van der Waals surface area contributed by atoms with Crippen molar-refractivity contribution in [2.45, 2.75) is 38.8 Å². The molecule has 0 spiro atoms. The maximum Gasteiger partial charge on any atom is 0.245 e. The van der Waals surface area contributed by atoms with E-state index in [9.17, 15) is 4.79 Å². The topological polar surface area (TPSA) is 98.7 Å². The first-order chi connectivity index (χ1) is 18.8. The molecule has 4 heterocycles. The Bertz CT molecular complexity index is 1450. The van der Waals surface area contributed by atoms with E-state index in [1.807, 2.05) is 48.6 Å². The summed E-state index contributed by atoms with van der Waals surface area (Å²) in [6.07, 6.45) is 4.89. The number of rotatable bonds is 6. The van der Waals surface area contributed by atoms with Crippen LogP contribution >= 0.6 is 0 Å². The minimum Gasteiger partial charge on any atom is -0.493 e. The number of hydrogen-bond donors (Lipinski definition) is 1. The van der Waals surface area contributed by atoms with Crippen LogP contribution in [0, 0.1) is 17.8 Å². The van der Waals surface area contributed by atoms with Gasteiger partial charge in [0.25, 0.3) is 0 Å². The molecular formula is C30H36N6O3. The second-order valence-electron chi connectivity index (χ2n) is 10.5. The zero-order valence-electron chi connectivity index (χ0n) is 23.1. The van der Waals surface area contributed by atoms with E-state index in [1.54, 1.807) is 7.11 Å². The standard InChI is InChI=1S/C30H36N6O3/c1-6-26(37)35-13-11-22(12-14-35)36-16-20(17-36)7-9-23-27(28-29(31)32-18-33-30(28)34(23)4)21-8-10-24(39-19(2)3)25(15-21)38-5/h6,8,10,15,18-20,22H,1,11-14,16-17H2,2-5H3,(H2,31,32,33). The average molecular weight is 529 g/mol. The van der Waals surface area contributed by atoms with Crippen molar-refractivity contribution in [3.05, 3.63) is 42.9 Å². The maximum absolute atomic E-state index is 11.9. The summed E-state index contributed by atoms with van der Waals surface area (Å²) in [6, 6.07) is 6.38. The Morgan fingerprint density at radius 2 is 1.95 bits per heavy atom. The van der Waals surface area contributed by atoms with Crippen LogP contribution in [-0.2, 0) is 11.8 Å². The number of aromatic nitrogens is 3. The SMILES string of the molecule is C=CC(=O)N1CCC(N2CC(C#Cc3c(-c4ccc(OC(C)C)c(OC)c4)c4c(N)ncnc4n3C)C2)CC1. The van der Waals surface area contributed by atoms with Crippen molar-refractivity contribution in [3.8, 4) is 34.5 Å². The molecule has 3 aromatic rings. The van der Waals surface area contributed by atoms with Gasteiger partial charge < -0.3 is 24.7 Å². The van der Waals surface area contributed by atoms with Crippen molar-refractivity contribution >= 4 is 22.8 Å². The highest BCUT2D eigenvalue weighted by atomic mass is 16.5. The fourth-order valence-corrected chi connectivity index (χ4v) is 5.53. The van der Waals surface area contributed by atoms with Gasteiger partial charge in [0.2, 0.25) is 5.91 Å². The van der Waals surface area contributed by atoms with Crippen LogP contribution in [0.1, 0.15) is 32.4 Å². The number of fused-ring (bicyclic) bond motifs is 1. The third-order valence-electron chi connectivity index (χ3n) is 7.58. The van der Waals surface area contributed by atoms with Crippen LogP contribution in [0.3, 0.4) is 0 Å². The highest BCUT2D eigenvalue weighted by Gasteiger charge is 2.34. The van der Waals surface area contributed by atoms with Gasteiger partial charge in [-0.05, 0) is 56.4 Å². The first-order valence-corrected chi connectivity index (χ1v) is 13.4. The minimum absolute atomic E-state index is 0.0246. The Kier molecular flexibility index (Phi) is 7.49. The summed E-state index contributed by atoms with van der Waals surface area (Å²) in [7, 11) is 3.60. The van der Waals surface area contributed by atoms with Gasteiger partial charge in [-0.3, -0.25) is 9.69 Å². The zero-order chi connectivity index (χ0) is 27.7. The van der Waals surface area contributed by atoms with Crippen LogP contribution in [0.15, 0.2) is 37.2 Å². The number of ether oxygens (including phenoxy) is 2. The lowest BCUT2D eigenvalue weighted by atomic mass is 9.93. The van der Waals surface area contributed by atoms with Gasteiger partial charge in [-0.15, -0.1) is 0 Å². The highest BCUT2D eigenvalue weighted by Crippen LogP contribution is 2.40. The van der Waals surface area contributed by atoms with Gasteiger partial charge in [0.05, 0.1) is 18.6 Å². The molecule has 0 atom stereocenters. The number of carbonyl (C=O) groups excluding carboxylic acids is 1. The molecule has 2 N–H and O–H groups in total. The Labute approximate surface area is 229 Å². The van der Waals surface area contributed by atoms with Crippen molar-refractivity contribution in [2.75, 3.05) is 39.0 Å². The number of benzene rings is 1. The van der Waals surface area contributed by atoms with E-state index in [0.29, 0.717) is 23.4 Å². The molecule has 204 valence electrons. The Morgan fingerprint density at radius 3 is 2.62 bits per heavy atom. The largest absolute Gasteiger partial charge is 0.493 e. The lowest BCUT2D eigenvalue weighted by Gasteiger charge is -2.45. The van der Waals surface area contributed by atoms with Gasteiger partial charge >= 0.3 is 0 Å². The number of aryl methyl sites for hydroxylation is 1. The predicted molar refractivity (Wildman–Crippen MR) is 152 cm³/mol. The molecule has 39 heavy (non-hydrogen) atoms. The number of nitrogens with zero attached hydrogens (tertiary/aromatic N) is 5. The molecule has 2 aliphatic rings. The monoisotopic (exact) mass is 528 g/mol. The van der Waals surface area contributed by atoms with Gasteiger partial charge in [-0.25, -0.2) is 9.97 Å². The summed E-state index contributed by atoms with van der Waals surface area (Å²) in [6.45, 7) is 11.0. The number of piperidine rings is 1. The third-order valence-corrected chi connectivity index (χ3v) is 7.58. The highest BCUT2D eigenvalue weighted by molar-refractivity contribution is 6.03. The Balaban J connectivity index is 1.40. The molecule has 9 heteroatoms. The fourth-order valence-electron chi connectivity index (χ4n) is 5.53. The Hall–Kier alpha value is -4.03. The Morgan fingerprint density at radius 1 is 1.21 bits per heavy atom. The fraction of sp³-hybridized carbons (Fsp3) is 0.433. The van der Waals surface area contributed by atoms with Gasteiger partial charge in [-0.1, -0.05) is 18.6 Å². The molecule has 0 bridgehead atoms. The molecule has 9 nitrogen and oxygen atoms in total. The quantitative estimate of drug-likeness (QED) is 0.386. The minimum atomic E-state index is 0.0246. The van der Waals surface area contributed by atoms with Crippen LogP contribution in [0.5, 0.6) is 11.5 Å². The van der Waals surface area contributed by atoms with E-state index in [1.165, 1.54) is 12.4 Å². The van der Waals surface area contributed by atoms with Crippen LogP contribution < -0.4 is 15.2 Å². The van der Waals surface area contributed by atoms with Gasteiger partial charge in [0, 0.05) is 50.7 Å². The van der Waals surface area contributed by atoms with Crippen molar-refractivity contribution in [1.29, 1.82) is 0 Å². The maximum atomic E-state index is 11.9. The van der Waals surface area contributed by atoms with E-state index < -0.39 is 0 Å². The van der Waals surface area contributed by atoms with Crippen molar-refractivity contribution < 1.29 is 14.3 Å². The molecule has 5 rings (SSSR count). The van der Waals surface area contributed by atoms with Gasteiger partial charge in [0.15, 0.2) is 11.5 Å². The number of amides is 1. The van der Waals surface area contributed by atoms with Crippen LogP contribution in [0.2, 0.25) is 0 Å². The van der Waals surface area contributed by atoms with Crippen molar-refractivity contribution in [3.63, 3.8) is 0 Å². The molecule has 1 aromatic carbocycles. The molecule has 0 radical (unpaired) electrons. The molecule has 0 unspecified atom stereocenters. The summed E-state index contributed by atoms with van der Waals surface area (Å²) in [5.41, 5.74) is 9.75. The molecule has 0 saturated carbocycles. The molecule has 2 fully saturated rings. The molecule has 1 amide bonds. The molecule has 2 aliphatic heterocycles. The smallest absolute Gasteiger partial charge is 0.245 e.